The first-order valence-corrected chi connectivity index (χ1v) is 6.60. The molecule has 4 heteroatoms. The Hall–Kier alpha value is -2.20. The number of H-pyrrole nitrogens is 1. The minimum atomic E-state index is -0.278. The van der Waals surface area contributed by atoms with Crippen molar-refractivity contribution in [2.24, 2.45) is 0 Å². The van der Waals surface area contributed by atoms with Gasteiger partial charge in [0.15, 0.2) is 5.76 Å². The molecule has 100 valence electrons. The zero-order chi connectivity index (χ0) is 14.1. The number of oxazole rings is 1. The van der Waals surface area contributed by atoms with Gasteiger partial charge in [0.1, 0.15) is 5.82 Å². The molecule has 1 heterocycles. The molecule has 0 radical (unpaired) electrons. The molecule has 1 N–H and O–H groups in total. The molecule has 0 spiro atoms. The lowest BCUT2D eigenvalue weighted by molar-refractivity contribution is 0.554. The lowest BCUT2D eigenvalue weighted by atomic mass is 10.0. The molecule has 0 atom stereocenters. The van der Waals surface area contributed by atoms with Crippen molar-refractivity contribution >= 4 is 12.2 Å². The molecule has 3 rings (SSSR count). The van der Waals surface area contributed by atoms with E-state index in [-0.39, 0.29) is 5.82 Å². The Morgan fingerprint density at radius 2 is 1.55 bits per heavy atom. The van der Waals surface area contributed by atoms with Gasteiger partial charge < -0.3 is 9.40 Å². The highest BCUT2D eigenvalue weighted by Crippen LogP contribution is 2.31. The van der Waals surface area contributed by atoms with Gasteiger partial charge in [-0.1, -0.05) is 29.8 Å². The maximum atomic E-state index is 13.0. The minimum Gasteiger partial charge on any atom is -0.429 e. The Balaban J connectivity index is 2.15. The smallest absolute Gasteiger partial charge is 0.266 e. The summed E-state index contributed by atoms with van der Waals surface area (Å²) in [6, 6.07) is 14.2. The van der Waals surface area contributed by atoms with Crippen LogP contribution < -0.4 is 0 Å². The van der Waals surface area contributed by atoms with Crippen LogP contribution in [0.5, 0.6) is 0 Å². The average Bonchev–Trinajstić information content (AvgIpc) is 2.82. The molecule has 1 aromatic heterocycles. The topological polar surface area (TPSA) is 28.9 Å². The standard InChI is InChI=1S/C16H12FNOS/c1-10-2-4-11(5-3-10)14-15(19-16(20)18-14)12-6-8-13(17)9-7-12/h2-9H,1H3,(H,18,20). The van der Waals surface area contributed by atoms with Crippen LogP contribution in [0.3, 0.4) is 0 Å². The van der Waals surface area contributed by atoms with Gasteiger partial charge in [0, 0.05) is 11.1 Å². The summed E-state index contributed by atoms with van der Waals surface area (Å²) >= 11 is 5.08. The number of benzene rings is 2. The van der Waals surface area contributed by atoms with E-state index in [1.165, 1.54) is 17.7 Å². The number of aromatic nitrogens is 1. The van der Waals surface area contributed by atoms with E-state index in [1.54, 1.807) is 12.1 Å². The van der Waals surface area contributed by atoms with Gasteiger partial charge in [-0.25, -0.2) is 4.39 Å². The molecular formula is C16H12FNOS. The van der Waals surface area contributed by atoms with Crippen LogP contribution >= 0.6 is 12.2 Å². The maximum absolute atomic E-state index is 13.0. The Morgan fingerprint density at radius 1 is 0.950 bits per heavy atom. The molecule has 3 aromatic rings. The number of nitrogens with one attached hydrogen (secondary N) is 1. The molecule has 0 saturated heterocycles. The van der Waals surface area contributed by atoms with Crippen molar-refractivity contribution < 1.29 is 8.81 Å². The van der Waals surface area contributed by atoms with Crippen molar-refractivity contribution in [3.63, 3.8) is 0 Å². The predicted octanol–water partition coefficient (Wildman–Crippen LogP) is 5.12. The summed E-state index contributed by atoms with van der Waals surface area (Å²) in [6.07, 6.45) is 0. The fourth-order valence-corrected chi connectivity index (χ4v) is 2.24. The van der Waals surface area contributed by atoms with Crippen LogP contribution in [-0.2, 0) is 0 Å². The van der Waals surface area contributed by atoms with Gasteiger partial charge in [-0.05, 0) is 43.4 Å². The second-order valence-electron chi connectivity index (χ2n) is 4.59. The lowest BCUT2D eigenvalue weighted by Crippen LogP contribution is -1.83. The van der Waals surface area contributed by atoms with E-state index in [4.69, 9.17) is 16.6 Å². The fourth-order valence-electron chi connectivity index (χ4n) is 2.06. The fraction of sp³-hybridized carbons (Fsp3) is 0.0625. The lowest BCUT2D eigenvalue weighted by Gasteiger charge is -2.03. The van der Waals surface area contributed by atoms with Crippen molar-refractivity contribution in [1.82, 2.24) is 4.98 Å². The maximum Gasteiger partial charge on any atom is 0.266 e. The number of hydrogen-bond acceptors (Lipinski definition) is 2. The largest absolute Gasteiger partial charge is 0.429 e. The summed E-state index contributed by atoms with van der Waals surface area (Å²) in [5.74, 6) is 0.346. The molecule has 0 fully saturated rings. The number of aryl methyl sites for hydroxylation is 1. The Bertz CT molecular complexity index is 719. The average molecular weight is 285 g/mol. The summed E-state index contributed by atoms with van der Waals surface area (Å²) in [4.78, 5) is 3.35. The van der Waals surface area contributed by atoms with E-state index in [0.29, 0.717) is 10.6 Å². The van der Waals surface area contributed by atoms with Crippen LogP contribution in [0.2, 0.25) is 0 Å². The Morgan fingerprint density at radius 3 is 2.20 bits per heavy atom. The predicted molar refractivity (Wildman–Crippen MR) is 79.5 cm³/mol. The minimum absolute atomic E-state index is 0.278. The van der Waals surface area contributed by atoms with Gasteiger partial charge in [-0.2, -0.15) is 0 Å². The van der Waals surface area contributed by atoms with Crippen LogP contribution in [0, 0.1) is 17.6 Å². The van der Waals surface area contributed by atoms with E-state index in [9.17, 15) is 4.39 Å². The second kappa shape index (κ2) is 5.06. The molecule has 0 aliphatic rings. The van der Waals surface area contributed by atoms with Crippen LogP contribution in [0.15, 0.2) is 52.9 Å². The zero-order valence-corrected chi connectivity index (χ0v) is 11.6. The summed E-state index contributed by atoms with van der Waals surface area (Å²) in [6.45, 7) is 2.03. The summed E-state index contributed by atoms with van der Waals surface area (Å²) in [7, 11) is 0. The van der Waals surface area contributed by atoms with Crippen LogP contribution in [0.25, 0.3) is 22.6 Å². The van der Waals surface area contributed by atoms with E-state index >= 15 is 0 Å². The van der Waals surface area contributed by atoms with Crippen molar-refractivity contribution in [3.8, 4) is 22.6 Å². The molecule has 0 aliphatic heterocycles. The number of halogens is 1. The molecule has 0 saturated carbocycles. The van der Waals surface area contributed by atoms with Crippen LogP contribution in [0.4, 0.5) is 4.39 Å². The van der Waals surface area contributed by atoms with Crippen molar-refractivity contribution in [1.29, 1.82) is 0 Å². The van der Waals surface area contributed by atoms with Crippen LogP contribution in [-0.4, -0.2) is 4.98 Å². The SMILES string of the molecule is Cc1ccc(-c2[nH]c(=S)oc2-c2ccc(F)cc2)cc1. The zero-order valence-electron chi connectivity index (χ0n) is 10.8. The first-order chi connectivity index (χ1) is 9.63. The first-order valence-electron chi connectivity index (χ1n) is 6.19. The molecule has 0 bridgehead atoms. The molecular weight excluding hydrogens is 273 g/mol. The van der Waals surface area contributed by atoms with Gasteiger partial charge in [-0.3, -0.25) is 0 Å². The van der Waals surface area contributed by atoms with Gasteiger partial charge in [0.05, 0.1) is 5.69 Å². The molecule has 2 aromatic carbocycles. The third kappa shape index (κ3) is 2.42. The van der Waals surface area contributed by atoms with E-state index in [1.807, 2.05) is 31.2 Å². The molecule has 2 nitrogen and oxygen atoms in total. The summed E-state index contributed by atoms with van der Waals surface area (Å²) in [5.41, 5.74) is 3.75. The van der Waals surface area contributed by atoms with Crippen molar-refractivity contribution in [2.75, 3.05) is 0 Å². The summed E-state index contributed by atoms with van der Waals surface area (Å²) in [5, 5.41) is 0. The number of aromatic amines is 1. The molecule has 0 aliphatic carbocycles. The Labute approximate surface area is 120 Å². The third-order valence-electron chi connectivity index (χ3n) is 3.10. The monoisotopic (exact) mass is 285 g/mol. The first kappa shape index (κ1) is 12.8. The third-order valence-corrected chi connectivity index (χ3v) is 3.28. The van der Waals surface area contributed by atoms with E-state index < -0.39 is 0 Å². The number of rotatable bonds is 2. The highest BCUT2D eigenvalue weighted by Gasteiger charge is 2.13. The molecule has 20 heavy (non-hydrogen) atoms. The quantitative estimate of drug-likeness (QED) is 0.662. The van der Waals surface area contributed by atoms with Crippen molar-refractivity contribution in [2.45, 2.75) is 6.92 Å². The molecule has 0 unspecified atom stereocenters. The van der Waals surface area contributed by atoms with E-state index in [0.717, 1.165) is 16.8 Å². The van der Waals surface area contributed by atoms with Gasteiger partial charge in [0.2, 0.25) is 0 Å². The normalized spacial score (nSPS) is 10.7. The van der Waals surface area contributed by atoms with Gasteiger partial charge in [0.25, 0.3) is 4.84 Å². The Kier molecular flexibility index (Phi) is 3.24. The van der Waals surface area contributed by atoms with Crippen molar-refractivity contribution in [3.05, 3.63) is 64.7 Å². The summed E-state index contributed by atoms with van der Waals surface area (Å²) < 4.78 is 18.6. The van der Waals surface area contributed by atoms with Gasteiger partial charge >= 0.3 is 0 Å². The molecule has 0 amide bonds. The second-order valence-corrected chi connectivity index (χ2v) is 4.96. The van der Waals surface area contributed by atoms with Crippen LogP contribution in [0.1, 0.15) is 5.56 Å². The highest BCUT2D eigenvalue weighted by atomic mass is 32.1. The highest BCUT2D eigenvalue weighted by molar-refractivity contribution is 7.71. The van der Waals surface area contributed by atoms with E-state index in [2.05, 4.69) is 4.98 Å². The number of hydrogen-bond donors (Lipinski definition) is 1. The van der Waals surface area contributed by atoms with Gasteiger partial charge in [-0.15, -0.1) is 0 Å².